The van der Waals surface area contributed by atoms with E-state index in [4.69, 9.17) is 9.15 Å². The largest absolute Gasteiger partial charge is 0.454 e. The molecule has 0 aliphatic carbocycles. The van der Waals surface area contributed by atoms with Crippen molar-refractivity contribution in [2.24, 2.45) is 4.99 Å². The number of nitrogens with zero attached hydrogens (tertiary/aromatic N) is 1. The summed E-state index contributed by atoms with van der Waals surface area (Å²) in [6.45, 7) is 0.474. The van der Waals surface area contributed by atoms with Gasteiger partial charge in [0.25, 0.3) is 0 Å². The lowest BCUT2D eigenvalue weighted by atomic mass is 10.2. The number of carbonyl (C=O) groups is 1. The van der Waals surface area contributed by atoms with Gasteiger partial charge in [-0.3, -0.25) is 4.79 Å². The van der Waals surface area contributed by atoms with Crippen LogP contribution in [0.5, 0.6) is 0 Å². The molecule has 1 aliphatic rings. The number of hydrogen-bond acceptors (Lipinski definition) is 4. The van der Waals surface area contributed by atoms with Crippen molar-refractivity contribution in [3.8, 4) is 0 Å². The minimum Gasteiger partial charge on any atom is -0.454 e. The molecule has 1 aromatic carbocycles. The molecule has 0 radical (unpaired) electrons. The molecule has 1 aliphatic heterocycles. The van der Waals surface area contributed by atoms with Crippen molar-refractivity contribution in [3.63, 3.8) is 0 Å². The summed E-state index contributed by atoms with van der Waals surface area (Å²) >= 11 is 0. The van der Waals surface area contributed by atoms with E-state index in [2.05, 4.69) is 4.99 Å². The van der Waals surface area contributed by atoms with Crippen molar-refractivity contribution in [3.05, 3.63) is 65.3 Å². The first-order chi connectivity index (χ1) is 9.35. The van der Waals surface area contributed by atoms with E-state index in [1.165, 1.54) is 0 Å². The lowest BCUT2D eigenvalue weighted by Gasteiger charge is -2.01. The number of aldehydes is 1. The van der Waals surface area contributed by atoms with Gasteiger partial charge in [0, 0.05) is 11.6 Å². The highest BCUT2D eigenvalue weighted by atomic mass is 16.5. The maximum Gasteiger partial charge on any atom is 0.222 e. The zero-order valence-corrected chi connectivity index (χ0v) is 10.1. The molecule has 19 heavy (non-hydrogen) atoms. The average Bonchev–Trinajstić information content (AvgIpc) is 3.09. The van der Waals surface area contributed by atoms with Gasteiger partial charge >= 0.3 is 0 Å². The molecule has 0 atom stereocenters. The Bertz CT molecular complexity index is 653. The normalized spacial score (nSPS) is 16.2. The van der Waals surface area contributed by atoms with Gasteiger partial charge < -0.3 is 9.15 Å². The van der Waals surface area contributed by atoms with Crippen LogP contribution in [0.2, 0.25) is 0 Å². The third-order valence-corrected chi connectivity index (χ3v) is 2.69. The second-order valence-corrected chi connectivity index (χ2v) is 4.06. The summed E-state index contributed by atoms with van der Waals surface area (Å²) in [5.74, 6) is 2.19. The Hall–Kier alpha value is -2.62. The standard InChI is InChI=1S/C15H11NO3/c17-10-13-7-6-12(18-13)8-14-9-16-15(19-14)11-4-2-1-3-5-11/h1-8,10H,9H2/b14-8-. The zero-order chi connectivity index (χ0) is 13.1. The Kier molecular flexibility index (Phi) is 2.98. The molecule has 0 amide bonds. The fraction of sp³-hybridized carbons (Fsp3) is 0.0667. The van der Waals surface area contributed by atoms with Gasteiger partial charge in [-0.1, -0.05) is 18.2 Å². The average molecular weight is 253 g/mol. The van der Waals surface area contributed by atoms with Gasteiger partial charge in [-0.15, -0.1) is 0 Å². The molecule has 3 rings (SSSR count). The van der Waals surface area contributed by atoms with Crippen LogP contribution in [0.15, 0.2) is 57.6 Å². The lowest BCUT2D eigenvalue weighted by Crippen LogP contribution is -1.99. The Balaban J connectivity index is 1.75. The molecule has 0 fully saturated rings. The predicted octanol–water partition coefficient (Wildman–Crippen LogP) is 2.91. The van der Waals surface area contributed by atoms with Crippen LogP contribution in [0, 0.1) is 0 Å². The molecular weight excluding hydrogens is 242 g/mol. The molecule has 0 spiro atoms. The predicted molar refractivity (Wildman–Crippen MR) is 71.0 cm³/mol. The van der Waals surface area contributed by atoms with Crippen molar-refractivity contribution in [2.45, 2.75) is 0 Å². The number of hydrogen-bond donors (Lipinski definition) is 0. The van der Waals surface area contributed by atoms with E-state index in [0.29, 0.717) is 36.0 Å². The highest BCUT2D eigenvalue weighted by Crippen LogP contribution is 2.18. The van der Waals surface area contributed by atoms with Gasteiger partial charge in [0.15, 0.2) is 12.0 Å². The number of ether oxygens (including phenoxy) is 1. The molecule has 0 saturated heterocycles. The number of rotatable bonds is 3. The number of carbonyl (C=O) groups excluding carboxylic acids is 1. The smallest absolute Gasteiger partial charge is 0.222 e. The van der Waals surface area contributed by atoms with Crippen molar-refractivity contribution < 1.29 is 13.9 Å². The van der Waals surface area contributed by atoms with Crippen molar-refractivity contribution in [2.75, 3.05) is 6.54 Å². The summed E-state index contributed by atoms with van der Waals surface area (Å²) in [7, 11) is 0. The Morgan fingerprint density at radius 2 is 1.84 bits per heavy atom. The SMILES string of the molecule is O=Cc1ccc(/C=C2/CN=C(c3ccccc3)O2)o1. The molecule has 0 N–H and O–H groups in total. The molecule has 2 aromatic rings. The topological polar surface area (TPSA) is 51.8 Å². The minimum absolute atomic E-state index is 0.300. The summed E-state index contributed by atoms with van der Waals surface area (Å²) in [6, 6.07) is 13.0. The van der Waals surface area contributed by atoms with Crippen LogP contribution in [0.1, 0.15) is 21.9 Å². The third-order valence-electron chi connectivity index (χ3n) is 2.69. The van der Waals surface area contributed by atoms with E-state index < -0.39 is 0 Å². The van der Waals surface area contributed by atoms with Crippen LogP contribution in [-0.4, -0.2) is 18.7 Å². The van der Waals surface area contributed by atoms with Crippen LogP contribution in [0.25, 0.3) is 6.08 Å². The second-order valence-electron chi connectivity index (χ2n) is 4.06. The van der Waals surface area contributed by atoms with Crippen LogP contribution in [-0.2, 0) is 4.74 Å². The van der Waals surface area contributed by atoms with Crippen LogP contribution in [0.3, 0.4) is 0 Å². The highest BCUT2D eigenvalue weighted by molar-refractivity contribution is 5.96. The zero-order valence-electron chi connectivity index (χ0n) is 10.1. The Morgan fingerprint density at radius 1 is 1.05 bits per heavy atom. The van der Waals surface area contributed by atoms with Gasteiger partial charge in [0.1, 0.15) is 18.1 Å². The lowest BCUT2D eigenvalue weighted by molar-refractivity contribution is 0.110. The van der Waals surface area contributed by atoms with Crippen molar-refractivity contribution in [1.82, 2.24) is 0 Å². The third kappa shape index (κ3) is 2.47. The molecule has 4 nitrogen and oxygen atoms in total. The van der Waals surface area contributed by atoms with Crippen molar-refractivity contribution in [1.29, 1.82) is 0 Å². The summed E-state index contributed by atoms with van der Waals surface area (Å²) < 4.78 is 10.9. The van der Waals surface area contributed by atoms with Gasteiger partial charge in [-0.2, -0.15) is 0 Å². The van der Waals surface area contributed by atoms with Gasteiger partial charge in [0.05, 0.1) is 0 Å². The monoisotopic (exact) mass is 253 g/mol. The van der Waals surface area contributed by atoms with E-state index in [-0.39, 0.29) is 0 Å². The van der Waals surface area contributed by atoms with E-state index >= 15 is 0 Å². The summed E-state index contributed by atoms with van der Waals surface area (Å²) in [5.41, 5.74) is 0.943. The molecule has 0 saturated carbocycles. The second kappa shape index (κ2) is 4.94. The van der Waals surface area contributed by atoms with Crippen LogP contribution >= 0.6 is 0 Å². The first-order valence-corrected chi connectivity index (χ1v) is 5.88. The molecule has 94 valence electrons. The molecule has 4 heteroatoms. The molecule has 2 heterocycles. The van der Waals surface area contributed by atoms with Gasteiger partial charge in [-0.05, 0) is 24.3 Å². The molecule has 0 bridgehead atoms. The highest BCUT2D eigenvalue weighted by Gasteiger charge is 2.15. The van der Waals surface area contributed by atoms with E-state index in [1.54, 1.807) is 18.2 Å². The fourth-order valence-corrected chi connectivity index (χ4v) is 1.81. The first-order valence-electron chi connectivity index (χ1n) is 5.88. The van der Waals surface area contributed by atoms with E-state index in [9.17, 15) is 4.79 Å². The quantitative estimate of drug-likeness (QED) is 0.790. The van der Waals surface area contributed by atoms with Crippen LogP contribution in [0.4, 0.5) is 0 Å². The Morgan fingerprint density at radius 3 is 2.58 bits per heavy atom. The van der Waals surface area contributed by atoms with Gasteiger partial charge in [0.2, 0.25) is 5.90 Å². The molecular formula is C15H11NO3. The summed E-state index contributed by atoms with van der Waals surface area (Å²) in [5, 5.41) is 0. The van der Waals surface area contributed by atoms with Gasteiger partial charge in [-0.25, -0.2) is 4.99 Å². The number of aliphatic imine (C=N–C) groups is 1. The van der Waals surface area contributed by atoms with Crippen molar-refractivity contribution >= 4 is 18.3 Å². The Labute approximate surface area is 110 Å². The summed E-state index contributed by atoms with van der Waals surface area (Å²) in [4.78, 5) is 14.9. The molecule has 1 aromatic heterocycles. The summed E-state index contributed by atoms with van der Waals surface area (Å²) in [6.07, 6.45) is 2.41. The minimum atomic E-state index is 0.300. The van der Waals surface area contributed by atoms with E-state index in [0.717, 1.165) is 5.56 Å². The maximum absolute atomic E-state index is 10.5. The first kappa shape index (κ1) is 11.5. The van der Waals surface area contributed by atoms with Crippen LogP contribution < -0.4 is 0 Å². The molecule has 0 unspecified atom stereocenters. The fourth-order valence-electron chi connectivity index (χ4n) is 1.81. The van der Waals surface area contributed by atoms with E-state index in [1.807, 2.05) is 30.3 Å². The number of furan rings is 1. The maximum atomic E-state index is 10.5. The number of benzene rings is 1.